The molecule has 0 aliphatic rings. The summed E-state index contributed by atoms with van der Waals surface area (Å²) in [5, 5.41) is 16.0. The molecule has 1 atom stereocenters. The zero-order valence-electron chi connectivity index (χ0n) is 11.7. The molecular weight excluding hydrogens is 228 g/mol. The Hall–Kier alpha value is -1.36. The predicted octanol–water partition coefficient (Wildman–Crippen LogP) is 2.18. The molecule has 3 N–H and O–H groups in total. The fourth-order valence-electron chi connectivity index (χ4n) is 1.52. The number of aromatic nitrogens is 2. The van der Waals surface area contributed by atoms with E-state index in [0.717, 1.165) is 36.6 Å². The zero-order valence-corrected chi connectivity index (χ0v) is 11.7. The van der Waals surface area contributed by atoms with Gasteiger partial charge in [-0.15, -0.1) is 0 Å². The number of nitrogens with one attached hydrogen (secondary N) is 2. The summed E-state index contributed by atoms with van der Waals surface area (Å²) in [5.41, 5.74) is 0.639. The van der Waals surface area contributed by atoms with E-state index in [-0.39, 0.29) is 12.1 Å². The maximum Gasteiger partial charge on any atom is 0.134 e. The van der Waals surface area contributed by atoms with Crippen molar-refractivity contribution in [2.24, 2.45) is 0 Å². The fraction of sp³-hybridized carbons (Fsp3) is 0.692. The van der Waals surface area contributed by atoms with Crippen LogP contribution in [0.4, 0.5) is 11.6 Å². The first-order valence-corrected chi connectivity index (χ1v) is 6.50. The molecule has 1 rings (SSSR count). The van der Waals surface area contributed by atoms with Gasteiger partial charge in [-0.1, -0.05) is 13.8 Å². The second-order valence-electron chi connectivity index (χ2n) is 4.82. The van der Waals surface area contributed by atoms with Gasteiger partial charge in [0.15, 0.2) is 0 Å². The lowest BCUT2D eigenvalue weighted by Crippen LogP contribution is -2.38. The SMILES string of the molecule is CCCNc1ncnc(NC(C)(CC)CO)c1C. The van der Waals surface area contributed by atoms with Gasteiger partial charge in [-0.25, -0.2) is 9.97 Å². The van der Waals surface area contributed by atoms with Crippen LogP contribution in [-0.2, 0) is 0 Å². The standard InChI is InChI=1S/C13H24N4O/c1-5-7-14-11-10(3)12(16-9-15-11)17-13(4,6-2)8-18/h9,18H,5-8H2,1-4H3,(H2,14,15,16,17). The van der Waals surface area contributed by atoms with Crippen LogP contribution in [-0.4, -0.2) is 33.8 Å². The minimum atomic E-state index is -0.346. The van der Waals surface area contributed by atoms with Crippen LogP contribution in [0.3, 0.4) is 0 Å². The van der Waals surface area contributed by atoms with E-state index < -0.39 is 0 Å². The van der Waals surface area contributed by atoms with E-state index in [0.29, 0.717) is 0 Å². The molecule has 0 saturated carbocycles. The van der Waals surface area contributed by atoms with E-state index in [4.69, 9.17) is 0 Å². The lowest BCUT2D eigenvalue weighted by atomic mass is 10.00. The highest BCUT2D eigenvalue weighted by Gasteiger charge is 2.22. The first-order valence-electron chi connectivity index (χ1n) is 6.50. The Balaban J connectivity index is 2.89. The lowest BCUT2D eigenvalue weighted by Gasteiger charge is -2.28. The molecule has 1 heterocycles. The van der Waals surface area contributed by atoms with Crippen LogP contribution in [0.25, 0.3) is 0 Å². The monoisotopic (exact) mass is 252 g/mol. The summed E-state index contributed by atoms with van der Waals surface area (Å²) in [7, 11) is 0. The van der Waals surface area contributed by atoms with Gasteiger partial charge in [-0.05, 0) is 26.7 Å². The van der Waals surface area contributed by atoms with E-state index in [2.05, 4.69) is 27.5 Å². The third kappa shape index (κ3) is 3.57. The maximum absolute atomic E-state index is 9.43. The summed E-state index contributed by atoms with van der Waals surface area (Å²) >= 11 is 0. The highest BCUT2D eigenvalue weighted by molar-refractivity contribution is 5.57. The molecule has 1 aromatic heterocycles. The van der Waals surface area contributed by atoms with Gasteiger partial charge in [0.1, 0.15) is 18.0 Å². The van der Waals surface area contributed by atoms with Crippen LogP contribution in [0.15, 0.2) is 6.33 Å². The van der Waals surface area contributed by atoms with Crippen LogP contribution < -0.4 is 10.6 Å². The van der Waals surface area contributed by atoms with E-state index >= 15 is 0 Å². The number of anilines is 2. The van der Waals surface area contributed by atoms with Crippen LogP contribution in [0, 0.1) is 6.92 Å². The van der Waals surface area contributed by atoms with Crippen molar-refractivity contribution in [1.29, 1.82) is 0 Å². The second kappa shape index (κ2) is 6.54. The maximum atomic E-state index is 9.43. The van der Waals surface area contributed by atoms with Crippen molar-refractivity contribution in [2.45, 2.75) is 46.1 Å². The number of hydrogen-bond donors (Lipinski definition) is 3. The number of nitrogens with zero attached hydrogens (tertiary/aromatic N) is 2. The van der Waals surface area contributed by atoms with Crippen LogP contribution in [0.1, 0.15) is 39.2 Å². The van der Waals surface area contributed by atoms with Crippen LogP contribution in [0.2, 0.25) is 0 Å². The molecule has 0 bridgehead atoms. The number of aliphatic hydroxyl groups is 1. The smallest absolute Gasteiger partial charge is 0.134 e. The van der Waals surface area contributed by atoms with E-state index in [1.165, 1.54) is 0 Å². The minimum absolute atomic E-state index is 0.0741. The number of aliphatic hydroxyl groups excluding tert-OH is 1. The molecule has 102 valence electrons. The van der Waals surface area contributed by atoms with Crippen molar-refractivity contribution >= 4 is 11.6 Å². The molecule has 0 radical (unpaired) electrons. The van der Waals surface area contributed by atoms with Crippen molar-refractivity contribution < 1.29 is 5.11 Å². The Morgan fingerprint density at radius 2 is 1.94 bits per heavy atom. The molecule has 1 unspecified atom stereocenters. The molecule has 0 spiro atoms. The van der Waals surface area contributed by atoms with Gasteiger partial charge in [0.05, 0.1) is 12.1 Å². The third-order valence-electron chi connectivity index (χ3n) is 3.18. The summed E-state index contributed by atoms with van der Waals surface area (Å²) in [6.45, 7) is 9.08. The molecule has 0 amide bonds. The fourth-order valence-corrected chi connectivity index (χ4v) is 1.52. The van der Waals surface area contributed by atoms with E-state index in [9.17, 15) is 5.11 Å². The predicted molar refractivity (Wildman–Crippen MR) is 75.0 cm³/mol. The van der Waals surface area contributed by atoms with E-state index in [1.807, 2.05) is 20.8 Å². The van der Waals surface area contributed by atoms with Gasteiger partial charge >= 0.3 is 0 Å². The highest BCUT2D eigenvalue weighted by Crippen LogP contribution is 2.23. The van der Waals surface area contributed by atoms with Gasteiger partial charge < -0.3 is 15.7 Å². The second-order valence-corrected chi connectivity index (χ2v) is 4.82. The van der Waals surface area contributed by atoms with Gasteiger partial charge in [-0.3, -0.25) is 0 Å². The zero-order chi connectivity index (χ0) is 13.6. The van der Waals surface area contributed by atoms with Gasteiger partial charge in [0, 0.05) is 12.1 Å². The van der Waals surface area contributed by atoms with Gasteiger partial charge in [0.2, 0.25) is 0 Å². The molecular formula is C13H24N4O. The molecule has 0 aromatic carbocycles. The van der Waals surface area contributed by atoms with Crippen molar-refractivity contribution in [3.8, 4) is 0 Å². The average Bonchev–Trinajstić information content (AvgIpc) is 2.39. The normalized spacial score (nSPS) is 14.1. The summed E-state index contributed by atoms with van der Waals surface area (Å²) in [6.07, 6.45) is 3.42. The average molecular weight is 252 g/mol. The Morgan fingerprint density at radius 3 is 2.50 bits per heavy atom. The lowest BCUT2D eigenvalue weighted by molar-refractivity contribution is 0.218. The molecule has 0 fully saturated rings. The van der Waals surface area contributed by atoms with Gasteiger partial charge in [-0.2, -0.15) is 0 Å². The molecule has 5 nitrogen and oxygen atoms in total. The van der Waals surface area contributed by atoms with Crippen molar-refractivity contribution in [1.82, 2.24) is 9.97 Å². The van der Waals surface area contributed by atoms with Crippen LogP contribution >= 0.6 is 0 Å². The largest absolute Gasteiger partial charge is 0.394 e. The first kappa shape index (κ1) is 14.7. The summed E-state index contributed by atoms with van der Waals surface area (Å²) in [4.78, 5) is 8.49. The van der Waals surface area contributed by atoms with Crippen molar-refractivity contribution in [3.05, 3.63) is 11.9 Å². The molecule has 1 aromatic rings. The summed E-state index contributed by atoms with van der Waals surface area (Å²) in [6, 6.07) is 0. The molecule has 5 heteroatoms. The first-order chi connectivity index (χ1) is 8.56. The Bertz CT molecular complexity index is 377. The summed E-state index contributed by atoms with van der Waals surface area (Å²) in [5.74, 6) is 1.63. The van der Waals surface area contributed by atoms with E-state index in [1.54, 1.807) is 6.33 Å². The van der Waals surface area contributed by atoms with Gasteiger partial charge in [0.25, 0.3) is 0 Å². The van der Waals surface area contributed by atoms with Crippen molar-refractivity contribution in [3.63, 3.8) is 0 Å². The van der Waals surface area contributed by atoms with Crippen molar-refractivity contribution in [2.75, 3.05) is 23.8 Å². The molecule has 18 heavy (non-hydrogen) atoms. The minimum Gasteiger partial charge on any atom is -0.394 e. The Morgan fingerprint density at radius 1 is 1.28 bits per heavy atom. The van der Waals surface area contributed by atoms with Crippen LogP contribution in [0.5, 0.6) is 0 Å². The third-order valence-corrected chi connectivity index (χ3v) is 3.18. The molecule has 0 aliphatic carbocycles. The number of rotatable bonds is 7. The summed E-state index contributed by atoms with van der Waals surface area (Å²) < 4.78 is 0. The molecule has 0 saturated heterocycles. The Kier molecular flexibility index (Phi) is 5.34. The topological polar surface area (TPSA) is 70.1 Å². The Labute approximate surface area is 109 Å². The highest BCUT2D eigenvalue weighted by atomic mass is 16.3. The molecule has 0 aliphatic heterocycles. The quantitative estimate of drug-likeness (QED) is 0.694. The number of hydrogen-bond acceptors (Lipinski definition) is 5.